The number of aliphatic hydroxyl groups is 3. The lowest BCUT2D eigenvalue weighted by Gasteiger charge is -2.42. The van der Waals surface area contributed by atoms with E-state index in [0.29, 0.717) is 6.29 Å². The number of aliphatic hydroxyl groups excluding tert-OH is 3. The van der Waals surface area contributed by atoms with E-state index in [2.05, 4.69) is 5.32 Å². The summed E-state index contributed by atoms with van der Waals surface area (Å²) in [6.45, 7) is 2.16. The molecule has 1 aliphatic rings. The van der Waals surface area contributed by atoms with Crippen LogP contribution in [0.1, 0.15) is 13.8 Å². The predicted octanol–water partition coefficient (Wildman–Crippen LogP) is -2.47. The maximum absolute atomic E-state index is 11.1. The summed E-state index contributed by atoms with van der Waals surface area (Å²) >= 11 is 0. The molecule has 0 radical (unpaired) electrons. The normalized spacial score (nSPS) is 36.6. The summed E-state index contributed by atoms with van der Waals surface area (Å²) in [6, 6.07) is -1.03. The molecule has 19 heavy (non-hydrogen) atoms. The van der Waals surface area contributed by atoms with Gasteiger partial charge < -0.3 is 34.9 Å². The number of ether oxygens (including phenoxy) is 2. The number of hydrogen-bond donors (Lipinski definition) is 4. The van der Waals surface area contributed by atoms with E-state index < -0.39 is 49.3 Å². The van der Waals surface area contributed by atoms with E-state index in [9.17, 15) is 19.8 Å². The van der Waals surface area contributed by atoms with Crippen LogP contribution in [-0.4, -0.2) is 70.9 Å². The van der Waals surface area contributed by atoms with Crippen molar-refractivity contribution >= 4 is 12.2 Å². The molecule has 8 nitrogen and oxygen atoms in total. The van der Waals surface area contributed by atoms with Crippen LogP contribution in [0, 0.1) is 0 Å². The number of aldehydes is 1. The topological polar surface area (TPSA) is 125 Å². The number of nitrogens with one attached hydrogen (secondary N) is 1. The highest BCUT2D eigenvalue weighted by molar-refractivity contribution is 5.73. The van der Waals surface area contributed by atoms with Gasteiger partial charge in [-0.1, -0.05) is 0 Å². The zero-order valence-corrected chi connectivity index (χ0v) is 10.7. The van der Waals surface area contributed by atoms with Gasteiger partial charge in [0.1, 0.15) is 36.7 Å². The first-order valence-corrected chi connectivity index (χ1v) is 5.91. The van der Waals surface area contributed by atoms with Crippen LogP contribution in [0.5, 0.6) is 0 Å². The van der Waals surface area contributed by atoms with Crippen molar-refractivity contribution < 1.29 is 34.4 Å². The van der Waals surface area contributed by atoms with Gasteiger partial charge in [0.2, 0.25) is 5.91 Å². The zero-order valence-electron chi connectivity index (χ0n) is 10.7. The molecule has 8 heteroatoms. The van der Waals surface area contributed by atoms with Gasteiger partial charge in [-0.15, -0.1) is 0 Å². The fourth-order valence-corrected chi connectivity index (χ4v) is 1.91. The molecule has 0 aliphatic carbocycles. The minimum absolute atomic E-state index is 0.449. The largest absolute Gasteiger partial charge is 0.394 e. The van der Waals surface area contributed by atoms with Gasteiger partial charge in [-0.2, -0.15) is 0 Å². The van der Waals surface area contributed by atoms with E-state index in [1.165, 1.54) is 13.8 Å². The first kappa shape index (κ1) is 16.0. The molecule has 110 valence electrons. The Morgan fingerprint density at radius 1 is 1.53 bits per heavy atom. The average molecular weight is 277 g/mol. The van der Waals surface area contributed by atoms with Gasteiger partial charge in [0.15, 0.2) is 6.29 Å². The van der Waals surface area contributed by atoms with Crippen molar-refractivity contribution in [3.8, 4) is 0 Å². The van der Waals surface area contributed by atoms with Crippen LogP contribution in [0.3, 0.4) is 0 Å². The van der Waals surface area contributed by atoms with Crippen LogP contribution in [0.2, 0.25) is 0 Å². The molecule has 0 saturated carbocycles. The number of carbonyl (C=O) groups excluding carboxylic acids is 2. The fraction of sp³-hybridized carbons (Fsp3) is 0.818. The molecular formula is C11H19NO7. The second-order valence-electron chi connectivity index (χ2n) is 4.41. The first-order chi connectivity index (χ1) is 8.90. The van der Waals surface area contributed by atoms with E-state index in [1.807, 2.05) is 0 Å². The monoisotopic (exact) mass is 277 g/mol. The molecule has 1 amide bonds. The van der Waals surface area contributed by atoms with Gasteiger partial charge in [-0.05, 0) is 6.92 Å². The molecule has 6 atom stereocenters. The molecule has 2 unspecified atom stereocenters. The summed E-state index contributed by atoms with van der Waals surface area (Å²) in [5.41, 5.74) is 0. The summed E-state index contributed by atoms with van der Waals surface area (Å²) in [5, 5.41) is 31.2. The third-order valence-corrected chi connectivity index (χ3v) is 2.81. The summed E-state index contributed by atoms with van der Waals surface area (Å²) < 4.78 is 10.3. The van der Waals surface area contributed by atoms with Gasteiger partial charge in [0.05, 0.1) is 6.61 Å². The Labute approximate surface area is 110 Å². The minimum atomic E-state index is -1.45. The van der Waals surface area contributed by atoms with Crippen LogP contribution < -0.4 is 5.32 Å². The highest BCUT2D eigenvalue weighted by atomic mass is 16.6. The third kappa shape index (κ3) is 3.95. The van der Waals surface area contributed by atoms with Crippen LogP contribution in [0.4, 0.5) is 0 Å². The molecular weight excluding hydrogens is 258 g/mol. The Morgan fingerprint density at radius 2 is 2.16 bits per heavy atom. The Bertz CT molecular complexity index is 324. The lowest BCUT2D eigenvalue weighted by atomic mass is 9.96. The molecule has 1 saturated heterocycles. The standard InChI is InChI=1S/C11H19NO7/c1-5(3-13)18-10-8(12-6(2)15)11(17)19-7(4-14)9(10)16/h3,5,7-11,14,16-17H,4H2,1-2H3,(H,12,15)/t5?,7-,8-,9-,10-,11?/m1/s1. The summed E-state index contributed by atoms with van der Waals surface area (Å²) in [6.07, 6.45) is -5.16. The summed E-state index contributed by atoms with van der Waals surface area (Å²) in [4.78, 5) is 21.7. The first-order valence-electron chi connectivity index (χ1n) is 5.91. The van der Waals surface area contributed by atoms with Crippen molar-refractivity contribution in [3.05, 3.63) is 0 Å². The molecule has 0 aromatic rings. The predicted molar refractivity (Wildman–Crippen MR) is 62.0 cm³/mol. The number of rotatable bonds is 5. The number of amides is 1. The molecule has 0 bridgehead atoms. The van der Waals surface area contributed by atoms with Gasteiger partial charge in [-0.3, -0.25) is 4.79 Å². The highest BCUT2D eigenvalue weighted by Crippen LogP contribution is 2.23. The lowest BCUT2D eigenvalue weighted by Crippen LogP contribution is -2.65. The van der Waals surface area contributed by atoms with Crippen molar-refractivity contribution in [1.29, 1.82) is 0 Å². The van der Waals surface area contributed by atoms with Gasteiger partial charge >= 0.3 is 0 Å². The molecule has 0 spiro atoms. The van der Waals surface area contributed by atoms with Crippen LogP contribution in [-0.2, 0) is 19.1 Å². The molecule has 4 N–H and O–H groups in total. The quantitative estimate of drug-likeness (QED) is 0.410. The lowest BCUT2D eigenvalue weighted by molar-refractivity contribution is -0.265. The van der Waals surface area contributed by atoms with Crippen LogP contribution in [0.15, 0.2) is 0 Å². The molecule has 0 aromatic heterocycles. The van der Waals surface area contributed by atoms with Gasteiger partial charge in [0.25, 0.3) is 0 Å². The van der Waals surface area contributed by atoms with Gasteiger partial charge in [0, 0.05) is 6.92 Å². The maximum atomic E-state index is 11.1. The van der Waals surface area contributed by atoms with E-state index in [1.54, 1.807) is 0 Å². The van der Waals surface area contributed by atoms with Crippen molar-refractivity contribution in [2.24, 2.45) is 0 Å². The number of carbonyl (C=O) groups is 2. The Kier molecular flexibility index (Phi) is 5.83. The van der Waals surface area contributed by atoms with Crippen LogP contribution in [0.25, 0.3) is 0 Å². The fourth-order valence-electron chi connectivity index (χ4n) is 1.91. The van der Waals surface area contributed by atoms with E-state index in [-0.39, 0.29) is 0 Å². The Balaban J connectivity index is 2.89. The second-order valence-corrected chi connectivity index (χ2v) is 4.41. The van der Waals surface area contributed by atoms with E-state index in [0.717, 1.165) is 0 Å². The second kappa shape index (κ2) is 6.92. The average Bonchev–Trinajstić information content (AvgIpc) is 2.36. The van der Waals surface area contributed by atoms with E-state index >= 15 is 0 Å². The highest BCUT2D eigenvalue weighted by Gasteiger charge is 2.46. The molecule has 0 aromatic carbocycles. The summed E-state index contributed by atoms with van der Waals surface area (Å²) in [7, 11) is 0. The molecule has 1 aliphatic heterocycles. The minimum Gasteiger partial charge on any atom is -0.394 e. The van der Waals surface area contributed by atoms with Crippen molar-refractivity contribution in [2.45, 2.75) is 50.6 Å². The maximum Gasteiger partial charge on any atom is 0.217 e. The van der Waals surface area contributed by atoms with Crippen molar-refractivity contribution in [1.82, 2.24) is 5.32 Å². The van der Waals surface area contributed by atoms with E-state index in [4.69, 9.17) is 14.6 Å². The van der Waals surface area contributed by atoms with Crippen molar-refractivity contribution in [2.75, 3.05) is 6.61 Å². The molecule has 1 fully saturated rings. The molecule has 1 rings (SSSR count). The third-order valence-electron chi connectivity index (χ3n) is 2.81. The smallest absolute Gasteiger partial charge is 0.217 e. The number of hydrogen-bond acceptors (Lipinski definition) is 7. The van der Waals surface area contributed by atoms with Crippen molar-refractivity contribution in [3.63, 3.8) is 0 Å². The Hall–Kier alpha value is -1.06. The molecule has 1 heterocycles. The Morgan fingerprint density at radius 3 is 2.63 bits per heavy atom. The SMILES string of the molecule is CC(=O)N[C@H]1C(O)O[C@H](CO)[C@@H](O)[C@@H]1OC(C)C=O. The van der Waals surface area contributed by atoms with Gasteiger partial charge in [-0.25, -0.2) is 0 Å². The van der Waals surface area contributed by atoms with Crippen LogP contribution >= 0.6 is 0 Å². The summed E-state index contributed by atoms with van der Waals surface area (Å²) in [5.74, 6) is -0.449. The zero-order chi connectivity index (χ0) is 14.6.